The van der Waals surface area contributed by atoms with Crippen LogP contribution in [-0.4, -0.2) is 30.8 Å². The van der Waals surface area contributed by atoms with Crippen LogP contribution in [0.1, 0.15) is 25.8 Å². The van der Waals surface area contributed by atoms with Crippen molar-refractivity contribution in [1.29, 1.82) is 0 Å². The minimum Gasteiger partial charge on any atom is -0.384 e. The van der Waals surface area contributed by atoms with Gasteiger partial charge in [-0.15, -0.1) is 0 Å². The van der Waals surface area contributed by atoms with Gasteiger partial charge in [-0.25, -0.2) is 0 Å². The number of aliphatic hydroxyl groups is 1. The quantitative estimate of drug-likeness (QED) is 0.728. The highest BCUT2D eigenvalue weighted by Crippen LogP contribution is 2.21. The van der Waals surface area contributed by atoms with Gasteiger partial charge in [0, 0.05) is 13.0 Å². The van der Waals surface area contributed by atoms with Crippen LogP contribution in [0.3, 0.4) is 0 Å². The van der Waals surface area contributed by atoms with Gasteiger partial charge in [0.2, 0.25) is 5.91 Å². The molecule has 1 atom stereocenters. The molecule has 0 fully saturated rings. The zero-order valence-corrected chi connectivity index (χ0v) is 11.0. The Balaban J connectivity index is 2.32. The highest BCUT2D eigenvalue weighted by molar-refractivity contribution is 7.08. The molecule has 2 N–H and O–H groups in total. The molecule has 0 spiro atoms. The first kappa shape index (κ1) is 14.2. The van der Waals surface area contributed by atoms with Crippen LogP contribution in [0.25, 0.3) is 0 Å². The van der Waals surface area contributed by atoms with Gasteiger partial charge in [-0.05, 0) is 36.2 Å². The van der Waals surface area contributed by atoms with E-state index in [9.17, 15) is 9.90 Å². The fraction of sp³-hybridized carbons (Fsp3) is 0.583. The minimum absolute atomic E-state index is 0.103. The molecule has 0 aliphatic carbocycles. The van der Waals surface area contributed by atoms with Gasteiger partial charge in [-0.1, -0.05) is 0 Å². The first-order valence-electron chi connectivity index (χ1n) is 5.65. The maximum absolute atomic E-state index is 11.4. The number of carbonyl (C=O) groups is 1. The second-order valence-electron chi connectivity index (χ2n) is 4.01. The molecule has 1 unspecified atom stereocenters. The largest absolute Gasteiger partial charge is 0.384 e. The number of nitrogens with one attached hydrogen (secondary N) is 1. The Hall–Kier alpha value is -0.910. The van der Waals surface area contributed by atoms with Crippen LogP contribution in [0.2, 0.25) is 0 Å². The van der Waals surface area contributed by atoms with E-state index in [-0.39, 0.29) is 12.5 Å². The molecule has 5 heteroatoms. The van der Waals surface area contributed by atoms with E-state index in [1.54, 1.807) is 6.92 Å². The van der Waals surface area contributed by atoms with Crippen molar-refractivity contribution < 1.29 is 14.6 Å². The molecule has 1 aromatic rings. The fourth-order valence-electron chi connectivity index (χ4n) is 1.34. The Morgan fingerprint density at radius 3 is 3.00 bits per heavy atom. The first-order chi connectivity index (χ1) is 8.06. The zero-order valence-electron chi connectivity index (χ0n) is 10.2. The number of amides is 1. The number of hydrogen-bond acceptors (Lipinski definition) is 4. The van der Waals surface area contributed by atoms with E-state index >= 15 is 0 Å². The molecule has 96 valence electrons. The second-order valence-corrected chi connectivity index (χ2v) is 4.79. The van der Waals surface area contributed by atoms with Crippen molar-refractivity contribution in [3.05, 3.63) is 22.4 Å². The molecule has 17 heavy (non-hydrogen) atoms. The van der Waals surface area contributed by atoms with E-state index in [1.165, 1.54) is 11.3 Å². The number of hydrogen-bond donors (Lipinski definition) is 2. The Labute approximate surface area is 106 Å². The average Bonchev–Trinajstić information content (AvgIpc) is 2.81. The first-order valence-corrected chi connectivity index (χ1v) is 6.60. The van der Waals surface area contributed by atoms with Crippen molar-refractivity contribution in [2.24, 2.45) is 0 Å². The predicted octanol–water partition coefficient (Wildman–Crippen LogP) is 1.50. The molecule has 4 nitrogen and oxygen atoms in total. The lowest BCUT2D eigenvalue weighted by Gasteiger charge is -2.22. The van der Waals surface area contributed by atoms with E-state index < -0.39 is 5.60 Å². The normalized spacial score (nSPS) is 14.3. The number of ether oxygens (including phenoxy) is 1. The third-order valence-electron chi connectivity index (χ3n) is 2.45. The summed E-state index contributed by atoms with van der Waals surface area (Å²) in [4.78, 5) is 11.4. The van der Waals surface area contributed by atoms with Crippen molar-refractivity contribution in [3.63, 3.8) is 0 Å². The third kappa shape index (κ3) is 4.85. The summed E-state index contributed by atoms with van der Waals surface area (Å²) < 4.78 is 5.09. The van der Waals surface area contributed by atoms with Gasteiger partial charge in [-0.3, -0.25) is 4.79 Å². The maximum atomic E-state index is 11.4. The standard InChI is InChI=1S/C12H19NO3S/c1-3-16-6-4-11(14)13-9-12(2,15)10-5-7-17-8-10/h5,7-8,15H,3-4,6,9H2,1-2H3,(H,13,14). The van der Waals surface area contributed by atoms with E-state index in [0.29, 0.717) is 19.6 Å². The van der Waals surface area contributed by atoms with E-state index in [1.807, 2.05) is 23.8 Å². The lowest BCUT2D eigenvalue weighted by atomic mass is 9.99. The summed E-state index contributed by atoms with van der Waals surface area (Å²) in [6, 6.07) is 1.86. The van der Waals surface area contributed by atoms with E-state index in [0.717, 1.165) is 5.56 Å². The van der Waals surface area contributed by atoms with Crippen LogP contribution in [0.4, 0.5) is 0 Å². The summed E-state index contributed by atoms with van der Waals surface area (Å²) in [5.41, 5.74) is -0.186. The van der Waals surface area contributed by atoms with Crippen LogP contribution in [0, 0.1) is 0 Å². The predicted molar refractivity (Wildman–Crippen MR) is 68.0 cm³/mol. The second kappa shape index (κ2) is 6.74. The summed E-state index contributed by atoms with van der Waals surface area (Å²) in [5, 5.41) is 16.6. The van der Waals surface area contributed by atoms with Crippen molar-refractivity contribution in [3.8, 4) is 0 Å². The molecule has 0 saturated heterocycles. The van der Waals surface area contributed by atoms with Crippen molar-refractivity contribution >= 4 is 17.2 Å². The van der Waals surface area contributed by atoms with Gasteiger partial charge in [0.05, 0.1) is 13.2 Å². The highest BCUT2D eigenvalue weighted by Gasteiger charge is 2.23. The van der Waals surface area contributed by atoms with Gasteiger partial charge in [-0.2, -0.15) is 11.3 Å². The zero-order chi connectivity index (χ0) is 12.7. The van der Waals surface area contributed by atoms with Crippen LogP contribution in [-0.2, 0) is 15.1 Å². The molecular formula is C12H19NO3S. The Morgan fingerprint density at radius 2 is 2.41 bits per heavy atom. The van der Waals surface area contributed by atoms with Crippen LogP contribution >= 0.6 is 11.3 Å². The molecule has 0 radical (unpaired) electrons. The highest BCUT2D eigenvalue weighted by atomic mass is 32.1. The monoisotopic (exact) mass is 257 g/mol. The lowest BCUT2D eigenvalue weighted by molar-refractivity contribution is -0.123. The number of rotatable bonds is 7. The van der Waals surface area contributed by atoms with E-state index in [4.69, 9.17) is 4.74 Å². The van der Waals surface area contributed by atoms with Crippen molar-refractivity contribution in [2.75, 3.05) is 19.8 Å². The lowest BCUT2D eigenvalue weighted by Crippen LogP contribution is -2.38. The van der Waals surface area contributed by atoms with Gasteiger partial charge >= 0.3 is 0 Å². The van der Waals surface area contributed by atoms with Gasteiger partial charge < -0.3 is 15.2 Å². The van der Waals surface area contributed by atoms with Crippen molar-refractivity contribution in [1.82, 2.24) is 5.32 Å². The summed E-state index contributed by atoms with van der Waals surface area (Å²) in [7, 11) is 0. The smallest absolute Gasteiger partial charge is 0.222 e. The molecule has 1 amide bonds. The van der Waals surface area contributed by atoms with Crippen LogP contribution in [0.5, 0.6) is 0 Å². The molecule has 1 heterocycles. The van der Waals surface area contributed by atoms with Gasteiger partial charge in [0.15, 0.2) is 0 Å². The molecule has 0 aliphatic rings. The molecule has 1 rings (SSSR count). The molecule has 0 aliphatic heterocycles. The van der Waals surface area contributed by atoms with Crippen molar-refractivity contribution in [2.45, 2.75) is 25.9 Å². The molecule has 0 saturated carbocycles. The summed E-state index contributed by atoms with van der Waals surface area (Å²) >= 11 is 1.52. The average molecular weight is 257 g/mol. The van der Waals surface area contributed by atoms with E-state index in [2.05, 4.69) is 5.32 Å². The Morgan fingerprint density at radius 1 is 1.65 bits per heavy atom. The molecule has 0 aromatic carbocycles. The maximum Gasteiger partial charge on any atom is 0.222 e. The molecule has 0 bridgehead atoms. The Bertz CT molecular complexity index is 336. The summed E-state index contributed by atoms with van der Waals surface area (Å²) in [6.07, 6.45) is 0.327. The minimum atomic E-state index is -1.01. The topological polar surface area (TPSA) is 58.6 Å². The van der Waals surface area contributed by atoms with Gasteiger partial charge in [0.25, 0.3) is 0 Å². The van der Waals surface area contributed by atoms with Crippen LogP contribution in [0.15, 0.2) is 16.8 Å². The molecule has 1 aromatic heterocycles. The molecular weight excluding hydrogens is 238 g/mol. The number of thiophene rings is 1. The van der Waals surface area contributed by atoms with Gasteiger partial charge in [0.1, 0.15) is 5.60 Å². The SMILES string of the molecule is CCOCCC(=O)NCC(C)(O)c1ccsc1. The number of carbonyl (C=O) groups excluding carboxylic acids is 1. The summed E-state index contributed by atoms with van der Waals surface area (Å²) in [6.45, 7) is 4.83. The third-order valence-corrected chi connectivity index (χ3v) is 3.13. The van der Waals surface area contributed by atoms with Crippen LogP contribution < -0.4 is 5.32 Å². The fourth-order valence-corrected chi connectivity index (χ4v) is 2.12. The summed E-state index contributed by atoms with van der Waals surface area (Å²) in [5.74, 6) is -0.103. The Kier molecular flexibility index (Phi) is 5.61.